The fraction of sp³-hybridized carbons (Fsp3) is 0.227. The molecule has 9 heteroatoms. The molecule has 1 heterocycles. The van der Waals surface area contributed by atoms with Crippen LogP contribution < -0.4 is 10.2 Å². The minimum Gasteiger partial charge on any atom is -0.488 e. The van der Waals surface area contributed by atoms with Crippen LogP contribution >= 0.6 is 15.9 Å². The predicted octanol–water partition coefficient (Wildman–Crippen LogP) is 3.55. The molecule has 1 unspecified atom stereocenters. The molecule has 1 atom stereocenters. The molecule has 1 aliphatic rings. The molecule has 31 heavy (non-hydrogen) atoms. The topological polar surface area (TPSA) is 82.0 Å². The van der Waals surface area contributed by atoms with E-state index >= 15 is 0 Å². The summed E-state index contributed by atoms with van der Waals surface area (Å²) in [6.07, 6.45) is 0.576. The molecule has 0 saturated heterocycles. The Kier molecular flexibility index (Phi) is 7.42. The molecule has 3 N–H and O–H groups in total. The van der Waals surface area contributed by atoms with Crippen LogP contribution in [0.3, 0.4) is 0 Å². The van der Waals surface area contributed by atoms with Crippen LogP contribution in [0.4, 0.5) is 14.5 Å². The van der Waals surface area contributed by atoms with Gasteiger partial charge in [-0.25, -0.2) is 8.78 Å². The van der Waals surface area contributed by atoms with Gasteiger partial charge in [-0.05, 0) is 59.3 Å². The quantitative estimate of drug-likeness (QED) is 0.548. The van der Waals surface area contributed by atoms with E-state index in [0.29, 0.717) is 27.2 Å². The second kappa shape index (κ2) is 10.0. The zero-order valence-corrected chi connectivity index (χ0v) is 18.2. The van der Waals surface area contributed by atoms with Crippen molar-refractivity contribution in [2.45, 2.75) is 19.8 Å². The second-order valence-electron chi connectivity index (χ2n) is 6.79. The standard InChI is InChI=1S/C22H21BrF2N2O4/c1-13-10-19(31-12-15-2-5-16(24)11-18(15)25)20(23)22(30)27(13)17-6-3-14(4-7-17)21(29)26-8-9-28/h2-7,10-11,22,28,30H,8-9,12H2,1H3,(H,26,29). The highest BCUT2D eigenvalue weighted by Crippen LogP contribution is 2.34. The summed E-state index contributed by atoms with van der Waals surface area (Å²) in [6.45, 7) is 1.65. The van der Waals surface area contributed by atoms with Crippen molar-refractivity contribution in [2.24, 2.45) is 0 Å². The molecule has 1 aliphatic heterocycles. The number of ether oxygens (including phenoxy) is 1. The van der Waals surface area contributed by atoms with E-state index in [1.165, 1.54) is 6.07 Å². The molecule has 0 aliphatic carbocycles. The summed E-state index contributed by atoms with van der Waals surface area (Å²) >= 11 is 3.33. The first kappa shape index (κ1) is 22.9. The predicted molar refractivity (Wildman–Crippen MR) is 115 cm³/mol. The van der Waals surface area contributed by atoms with Crippen molar-refractivity contribution in [3.05, 3.63) is 87.2 Å². The SMILES string of the molecule is CC1=CC(OCc2ccc(F)cc2F)=C(Br)C(O)N1c1ccc(C(=O)NCCO)cc1. The summed E-state index contributed by atoms with van der Waals surface area (Å²) < 4.78 is 32.9. The minimum atomic E-state index is -1.10. The lowest BCUT2D eigenvalue weighted by Gasteiger charge is -2.34. The van der Waals surface area contributed by atoms with E-state index in [9.17, 15) is 18.7 Å². The van der Waals surface area contributed by atoms with E-state index in [0.717, 1.165) is 12.1 Å². The van der Waals surface area contributed by atoms with E-state index in [-0.39, 0.29) is 31.2 Å². The molecular weight excluding hydrogens is 474 g/mol. The van der Waals surface area contributed by atoms with Gasteiger partial charge in [0.05, 0.1) is 11.1 Å². The van der Waals surface area contributed by atoms with Crippen molar-refractivity contribution < 1.29 is 28.5 Å². The van der Waals surface area contributed by atoms with Crippen LogP contribution in [-0.2, 0) is 11.3 Å². The van der Waals surface area contributed by atoms with E-state index < -0.39 is 17.9 Å². The van der Waals surface area contributed by atoms with Crippen molar-refractivity contribution in [1.29, 1.82) is 0 Å². The van der Waals surface area contributed by atoms with Crippen LogP contribution in [0.1, 0.15) is 22.8 Å². The molecule has 0 spiro atoms. The van der Waals surface area contributed by atoms with Gasteiger partial charge >= 0.3 is 0 Å². The lowest BCUT2D eigenvalue weighted by atomic mass is 10.1. The largest absolute Gasteiger partial charge is 0.488 e. The normalized spacial score (nSPS) is 16.3. The molecule has 0 bridgehead atoms. The van der Waals surface area contributed by atoms with Crippen LogP contribution in [0, 0.1) is 11.6 Å². The third-order valence-corrected chi connectivity index (χ3v) is 5.43. The first-order valence-electron chi connectivity index (χ1n) is 9.43. The van der Waals surface area contributed by atoms with E-state index in [1.54, 1.807) is 42.2 Å². The number of rotatable bonds is 7. The third kappa shape index (κ3) is 5.30. The minimum absolute atomic E-state index is 0.134. The number of aliphatic hydroxyl groups excluding tert-OH is 2. The summed E-state index contributed by atoms with van der Waals surface area (Å²) in [6, 6.07) is 9.85. The number of aliphatic hydroxyl groups is 2. The Morgan fingerprint density at radius 2 is 1.94 bits per heavy atom. The van der Waals surface area contributed by atoms with E-state index in [1.807, 2.05) is 0 Å². The van der Waals surface area contributed by atoms with Gasteiger partial charge in [0, 0.05) is 41.2 Å². The molecular formula is C22H21BrF2N2O4. The van der Waals surface area contributed by atoms with Gasteiger partial charge in [-0.2, -0.15) is 0 Å². The first-order valence-corrected chi connectivity index (χ1v) is 10.2. The molecule has 6 nitrogen and oxygen atoms in total. The molecule has 0 fully saturated rings. The summed E-state index contributed by atoms with van der Waals surface area (Å²) in [5, 5.41) is 22.2. The van der Waals surface area contributed by atoms with Crippen LogP contribution in [0.2, 0.25) is 0 Å². The van der Waals surface area contributed by atoms with E-state index in [2.05, 4.69) is 21.2 Å². The maximum absolute atomic E-state index is 13.8. The van der Waals surface area contributed by atoms with Crippen LogP contribution in [0.25, 0.3) is 0 Å². The lowest BCUT2D eigenvalue weighted by Crippen LogP contribution is -2.37. The molecule has 3 rings (SSSR count). The Balaban J connectivity index is 1.74. The van der Waals surface area contributed by atoms with Crippen molar-refractivity contribution in [1.82, 2.24) is 5.32 Å². The van der Waals surface area contributed by atoms with Gasteiger partial charge in [0.2, 0.25) is 0 Å². The number of allylic oxidation sites excluding steroid dienone is 2. The first-order chi connectivity index (χ1) is 14.8. The number of amides is 1. The molecule has 1 amide bonds. The van der Waals surface area contributed by atoms with Gasteiger partial charge in [0.25, 0.3) is 5.91 Å². The smallest absolute Gasteiger partial charge is 0.251 e. The zero-order chi connectivity index (χ0) is 22.5. The Morgan fingerprint density at radius 3 is 2.58 bits per heavy atom. The molecule has 2 aromatic carbocycles. The van der Waals surface area contributed by atoms with Gasteiger partial charge in [0.15, 0.2) is 6.23 Å². The highest BCUT2D eigenvalue weighted by atomic mass is 79.9. The number of hydrogen-bond acceptors (Lipinski definition) is 5. The number of benzene rings is 2. The Labute approximate surface area is 186 Å². The van der Waals surface area contributed by atoms with Crippen molar-refractivity contribution in [3.63, 3.8) is 0 Å². The van der Waals surface area contributed by atoms with Crippen LogP contribution in [-0.4, -0.2) is 35.5 Å². The van der Waals surface area contributed by atoms with Crippen LogP contribution in [0.5, 0.6) is 0 Å². The number of carbonyl (C=O) groups is 1. The maximum Gasteiger partial charge on any atom is 0.251 e. The third-order valence-electron chi connectivity index (χ3n) is 4.63. The number of halogens is 3. The highest BCUT2D eigenvalue weighted by molar-refractivity contribution is 9.11. The lowest BCUT2D eigenvalue weighted by molar-refractivity contribution is 0.0945. The van der Waals surface area contributed by atoms with Crippen molar-refractivity contribution in [3.8, 4) is 0 Å². The molecule has 2 aromatic rings. The number of carbonyl (C=O) groups excluding carboxylic acids is 1. The average molecular weight is 495 g/mol. The number of nitrogens with zero attached hydrogens (tertiary/aromatic N) is 1. The number of anilines is 1. The molecule has 0 radical (unpaired) electrons. The Morgan fingerprint density at radius 1 is 1.23 bits per heavy atom. The fourth-order valence-electron chi connectivity index (χ4n) is 3.06. The van der Waals surface area contributed by atoms with Gasteiger partial charge < -0.3 is 25.2 Å². The fourth-order valence-corrected chi connectivity index (χ4v) is 3.49. The van der Waals surface area contributed by atoms with Gasteiger partial charge in [-0.15, -0.1) is 0 Å². The Hall–Kier alpha value is -2.75. The number of nitrogens with one attached hydrogen (secondary N) is 1. The number of hydrogen-bond donors (Lipinski definition) is 3. The summed E-state index contributed by atoms with van der Waals surface area (Å²) in [7, 11) is 0. The monoisotopic (exact) mass is 494 g/mol. The summed E-state index contributed by atoms with van der Waals surface area (Å²) in [5.41, 5.74) is 1.90. The highest BCUT2D eigenvalue weighted by Gasteiger charge is 2.28. The van der Waals surface area contributed by atoms with Crippen molar-refractivity contribution in [2.75, 3.05) is 18.1 Å². The maximum atomic E-state index is 13.8. The second-order valence-corrected chi connectivity index (χ2v) is 7.65. The van der Waals surface area contributed by atoms with Gasteiger partial charge in [-0.3, -0.25) is 4.79 Å². The van der Waals surface area contributed by atoms with Crippen molar-refractivity contribution >= 4 is 27.5 Å². The summed E-state index contributed by atoms with van der Waals surface area (Å²) in [5.74, 6) is -1.36. The summed E-state index contributed by atoms with van der Waals surface area (Å²) in [4.78, 5) is 13.6. The Bertz CT molecular complexity index is 1020. The molecule has 0 aromatic heterocycles. The zero-order valence-electron chi connectivity index (χ0n) is 16.6. The van der Waals surface area contributed by atoms with Gasteiger partial charge in [-0.1, -0.05) is 0 Å². The van der Waals surface area contributed by atoms with Crippen LogP contribution in [0.15, 0.2) is 64.5 Å². The van der Waals surface area contributed by atoms with E-state index in [4.69, 9.17) is 9.84 Å². The molecule has 0 saturated carbocycles. The molecule has 164 valence electrons. The van der Waals surface area contributed by atoms with Gasteiger partial charge in [0.1, 0.15) is 24.0 Å². The average Bonchev–Trinajstić information content (AvgIpc) is 2.75.